The molecule has 0 aromatic heterocycles. The SMILES string of the molecule is CCCCCCCC(=O)Nc1cc(C)ccc1C. The second-order valence-electron chi connectivity index (χ2n) is 5.03. The molecule has 0 spiro atoms. The van der Waals surface area contributed by atoms with Crippen LogP contribution < -0.4 is 5.32 Å². The maximum Gasteiger partial charge on any atom is 0.224 e. The molecular formula is C16H25NO. The van der Waals surface area contributed by atoms with Gasteiger partial charge in [0.15, 0.2) is 0 Å². The first kappa shape index (κ1) is 14.7. The van der Waals surface area contributed by atoms with Crippen molar-refractivity contribution in [1.29, 1.82) is 0 Å². The summed E-state index contributed by atoms with van der Waals surface area (Å²) in [5, 5.41) is 3.00. The monoisotopic (exact) mass is 247 g/mol. The molecule has 0 radical (unpaired) electrons. The van der Waals surface area contributed by atoms with Crippen molar-refractivity contribution in [1.82, 2.24) is 0 Å². The van der Waals surface area contributed by atoms with Crippen LogP contribution in [0.3, 0.4) is 0 Å². The van der Waals surface area contributed by atoms with Gasteiger partial charge in [0.05, 0.1) is 0 Å². The molecule has 1 amide bonds. The van der Waals surface area contributed by atoms with Gasteiger partial charge in [-0.15, -0.1) is 0 Å². The number of rotatable bonds is 7. The van der Waals surface area contributed by atoms with Crippen molar-refractivity contribution in [2.24, 2.45) is 0 Å². The zero-order chi connectivity index (χ0) is 13.4. The maximum absolute atomic E-state index is 11.8. The number of amides is 1. The van der Waals surface area contributed by atoms with E-state index < -0.39 is 0 Å². The highest BCUT2D eigenvalue weighted by atomic mass is 16.1. The fourth-order valence-electron chi connectivity index (χ4n) is 1.97. The van der Waals surface area contributed by atoms with Crippen LogP contribution in [-0.2, 0) is 4.79 Å². The van der Waals surface area contributed by atoms with Crippen LogP contribution in [0.5, 0.6) is 0 Å². The molecule has 0 bridgehead atoms. The third kappa shape index (κ3) is 5.35. The van der Waals surface area contributed by atoms with Gasteiger partial charge in [0, 0.05) is 12.1 Å². The fraction of sp³-hybridized carbons (Fsp3) is 0.562. The summed E-state index contributed by atoms with van der Waals surface area (Å²) in [7, 11) is 0. The van der Waals surface area contributed by atoms with E-state index in [1.54, 1.807) is 0 Å². The molecule has 0 saturated heterocycles. The van der Waals surface area contributed by atoms with E-state index in [4.69, 9.17) is 0 Å². The minimum absolute atomic E-state index is 0.139. The molecule has 0 saturated carbocycles. The highest BCUT2D eigenvalue weighted by molar-refractivity contribution is 5.91. The van der Waals surface area contributed by atoms with Crippen LogP contribution in [-0.4, -0.2) is 5.91 Å². The van der Waals surface area contributed by atoms with Crippen LogP contribution in [0, 0.1) is 13.8 Å². The summed E-state index contributed by atoms with van der Waals surface area (Å²) in [6.07, 6.45) is 6.56. The largest absolute Gasteiger partial charge is 0.326 e. The van der Waals surface area contributed by atoms with Gasteiger partial charge in [0.2, 0.25) is 5.91 Å². The second kappa shape index (κ2) is 7.91. The number of carbonyl (C=O) groups excluding carboxylic acids is 1. The zero-order valence-corrected chi connectivity index (χ0v) is 11.9. The van der Waals surface area contributed by atoms with E-state index in [9.17, 15) is 4.79 Å². The Labute approximate surface area is 111 Å². The number of hydrogen-bond acceptors (Lipinski definition) is 1. The first-order valence-electron chi connectivity index (χ1n) is 7.00. The third-order valence-electron chi connectivity index (χ3n) is 3.17. The van der Waals surface area contributed by atoms with E-state index in [0.717, 1.165) is 24.1 Å². The Morgan fingerprint density at radius 2 is 1.83 bits per heavy atom. The Bertz CT molecular complexity index is 385. The third-order valence-corrected chi connectivity index (χ3v) is 3.17. The van der Waals surface area contributed by atoms with Crippen LogP contribution in [0.25, 0.3) is 0 Å². The summed E-state index contributed by atoms with van der Waals surface area (Å²) in [6, 6.07) is 6.15. The molecule has 1 N–H and O–H groups in total. The normalized spacial score (nSPS) is 10.4. The predicted molar refractivity (Wildman–Crippen MR) is 77.9 cm³/mol. The standard InChI is InChI=1S/C16H25NO/c1-4-5-6-7-8-9-16(18)17-15-12-13(2)10-11-14(15)3/h10-12H,4-9H2,1-3H3,(H,17,18). The molecule has 0 aliphatic carbocycles. The van der Waals surface area contributed by atoms with Crippen molar-refractivity contribution in [3.63, 3.8) is 0 Å². The number of benzene rings is 1. The van der Waals surface area contributed by atoms with Gasteiger partial charge in [-0.25, -0.2) is 0 Å². The molecule has 0 heterocycles. The minimum atomic E-state index is 0.139. The van der Waals surface area contributed by atoms with Crippen LogP contribution in [0.4, 0.5) is 5.69 Å². The van der Waals surface area contributed by atoms with Gasteiger partial charge >= 0.3 is 0 Å². The molecule has 2 heteroatoms. The fourth-order valence-corrected chi connectivity index (χ4v) is 1.97. The molecule has 1 aromatic carbocycles. The molecule has 18 heavy (non-hydrogen) atoms. The predicted octanol–water partition coefficient (Wildman–Crippen LogP) is 4.60. The van der Waals surface area contributed by atoms with E-state index in [1.807, 2.05) is 26.0 Å². The van der Waals surface area contributed by atoms with Gasteiger partial charge in [0.1, 0.15) is 0 Å². The Balaban J connectivity index is 2.33. The molecule has 2 nitrogen and oxygen atoms in total. The van der Waals surface area contributed by atoms with E-state index in [2.05, 4.69) is 18.3 Å². The van der Waals surface area contributed by atoms with Crippen molar-refractivity contribution in [2.75, 3.05) is 5.32 Å². The topological polar surface area (TPSA) is 29.1 Å². The molecule has 100 valence electrons. The molecule has 0 aliphatic heterocycles. The van der Waals surface area contributed by atoms with Gasteiger partial charge < -0.3 is 5.32 Å². The van der Waals surface area contributed by atoms with Crippen molar-refractivity contribution >= 4 is 11.6 Å². The number of carbonyl (C=O) groups is 1. The lowest BCUT2D eigenvalue weighted by Crippen LogP contribution is -2.12. The van der Waals surface area contributed by atoms with E-state index in [1.165, 1.54) is 24.8 Å². The van der Waals surface area contributed by atoms with E-state index in [-0.39, 0.29) is 5.91 Å². The van der Waals surface area contributed by atoms with Crippen LogP contribution >= 0.6 is 0 Å². The first-order valence-corrected chi connectivity index (χ1v) is 7.00. The lowest BCUT2D eigenvalue weighted by Gasteiger charge is -2.09. The molecule has 1 rings (SSSR count). The number of unbranched alkanes of at least 4 members (excludes halogenated alkanes) is 4. The van der Waals surface area contributed by atoms with Crippen molar-refractivity contribution in [3.8, 4) is 0 Å². The van der Waals surface area contributed by atoms with Crippen LogP contribution in [0.1, 0.15) is 56.6 Å². The quantitative estimate of drug-likeness (QED) is 0.701. The van der Waals surface area contributed by atoms with Crippen LogP contribution in [0.15, 0.2) is 18.2 Å². The Kier molecular flexibility index (Phi) is 6.48. The van der Waals surface area contributed by atoms with Crippen molar-refractivity contribution < 1.29 is 4.79 Å². The number of aryl methyl sites for hydroxylation is 2. The van der Waals surface area contributed by atoms with Crippen molar-refractivity contribution in [2.45, 2.75) is 59.3 Å². The van der Waals surface area contributed by atoms with Crippen molar-refractivity contribution in [3.05, 3.63) is 29.3 Å². The molecule has 0 aliphatic rings. The Hall–Kier alpha value is -1.31. The molecule has 0 atom stereocenters. The average molecular weight is 247 g/mol. The summed E-state index contributed by atoms with van der Waals surface area (Å²) in [5.41, 5.74) is 3.26. The maximum atomic E-state index is 11.8. The van der Waals surface area contributed by atoms with E-state index in [0.29, 0.717) is 6.42 Å². The van der Waals surface area contributed by atoms with Gasteiger partial charge in [-0.2, -0.15) is 0 Å². The summed E-state index contributed by atoms with van der Waals surface area (Å²) < 4.78 is 0. The Morgan fingerprint density at radius 1 is 1.11 bits per heavy atom. The highest BCUT2D eigenvalue weighted by Gasteiger charge is 2.04. The summed E-state index contributed by atoms with van der Waals surface area (Å²) >= 11 is 0. The second-order valence-corrected chi connectivity index (χ2v) is 5.03. The summed E-state index contributed by atoms with van der Waals surface area (Å²) in [5.74, 6) is 0.139. The van der Waals surface area contributed by atoms with Crippen LogP contribution in [0.2, 0.25) is 0 Å². The minimum Gasteiger partial charge on any atom is -0.326 e. The molecule has 0 unspecified atom stereocenters. The highest BCUT2D eigenvalue weighted by Crippen LogP contribution is 2.17. The summed E-state index contributed by atoms with van der Waals surface area (Å²) in [4.78, 5) is 11.8. The van der Waals surface area contributed by atoms with Gasteiger partial charge in [-0.3, -0.25) is 4.79 Å². The lowest BCUT2D eigenvalue weighted by atomic mass is 10.1. The molecular weight excluding hydrogens is 222 g/mol. The smallest absolute Gasteiger partial charge is 0.224 e. The number of anilines is 1. The molecule has 0 fully saturated rings. The number of nitrogens with one attached hydrogen (secondary N) is 1. The van der Waals surface area contributed by atoms with Gasteiger partial charge in [-0.1, -0.05) is 44.7 Å². The number of hydrogen-bond donors (Lipinski definition) is 1. The summed E-state index contributed by atoms with van der Waals surface area (Å²) in [6.45, 7) is 6.27. The Morgan fingerprint density at radius 3 is 2.56 bits per heavy atom. The average Bonchev–Trinajstić information content (AvgIpc) is 2.33. The first-order chi connectivity index (χ1) is 8.63. The lowest BCUT2D eigenvalue weighted by molar-refractivity contribution is -0.116. The zero-order valence-electron chi connectivity index (χ0n) is 11.9. The van der Waals surface area contributed by atoms with E-state index >= 15 is 0 Å². The van der Waals surface area contributed by atoms with Gasteiger partial charge in [0.25, 0.3) is 0 Å². The van der Waals surface area contributed by atoms with Gasteiger partial charge in [-0.05, 0) is 37.5 Å². The molecule has 1 aromatic rings.